The van der Waals surface area contributed by atoms with Gasteiger partial charge in [0.05, 0.1) is 11.1 Å². The van der Waals surface area contributed by atoms with Gasteiger partial charge < -0.3 is 4.90 Å². The maximum absolute atomic E-state index is 11.4. The van der Waals surface area contributed by atoms with Crippen LogP contribution in [0.15, 0.2) is 30.3 Å². The topological polar surface area (TPSA) is 50.3 Å². The van der Waals surface area contributed by atoms with Crippen LogP contribution in [-0.4, -0.2) is 40.1 Å². The number of hydrogen-bond acceptors (Lipinski definition) is 4. The van der Waals surface area contributed by atoms with Crippen LogP contribution in [0.5, 0.6) is 0 Å². The Balaban J connectivity index is 2.06. The molecule has 3 rings (SSSR count). The third kappa shape index (κ3) is 2.38. The number of carbonyl (C=O) groups is 1. The van der Waals surface area contributed by atoms with Gasteiger partial charge in [-0.25, -0.2) is 4.98 Å². The molecular formula is C14H14N2O2S. The molecule has 0 bridgehead atoms. The summed E-state index contributed by atoms with van der Waals surface area (Å²) in [7, 11) is -0.728. The summed E-state index contributed by atoms with van der Waals surface area (Å²) in [6.07, 6.45) is 0.848. The summed E-state index contributed by atoms with van der Waals surface area (Å²) in [4.78, 5) is 17.9. The van der Waals surface area contributed by atoms with Gasteiger partial charge in [0.1, 0.15) is 5.82 Å². The Hall–Kier alpha value is -1.75. The molecule has 4 nitrogen and oxygen atoms in total. The highest BCUT2D eigenvalue weighted by atomic mass is 32.2. The molecule has 0 amide bonds. The molecule has 0 radical (unpaired) electrons. The van der Waals surface area contributed by atoms with Crippen LogP contribution in [0.2, 0.25) is 0 Å². The smallest absolute Gasteiger partial charge is 0.153 e. The van der Waals surface area contributed by atoms with Crippen molar-refractivity contribution >= 4 is 33.8 Å². The Kier molecular flexibility index (Phi) is 3.29. The van der Waals surface area contributed by atoms with E-state index in [9.17, 15) is 9.00 Å². The lowest BCUT2D eigenvalue weighted by atomic mass is 10.1. The molecule has 2 heterocycles. The molecule has 1 saturated heterocycles. The van der Waals surface area contributed by atoms with Crippen LogP contribution in [0.1, 0.15) is 10.4 Å². The zero-order valence-electron chi connectivity index (χ0n) is 10.4. The Labute approximate surface area is 113 Å². The molecule has 0 saturated carbocycles. The predicted molar refractivity (Wildman–Crippen MR) is 77.2 cm³/mol. The van der Waals surface area contributed by atoms with Crippen molar-refractivity contribution in [2.24, 2.45) is 0 Å². The first-order valence-electron chi connectivity index (χ1n) is 6.23. The predicted octanol–water partition coefficient (Wildman–Crippen LogP) is 1.62. The summed E-state index contributed by atoms with van der Waals surface area (Å²) in [6, 6.07) is 9.63. The average molecular weight is 274 g/mol. The minimum absolute atomic E-state index is 0.603. The van der Waals surface area contributed by atoms with Gasteiger partial charge >= 0.3 is 0 Å². The lowest BCUT2D eigenvalue weighted by Crippen LogP contribution is -2.38. The monoisotopic (exact) mass is 274 g/mol. The summed E-state index contributed by atoms with van der Waals surface area (Å²) < 4.78 is 11.4. The number of rotatable bonds is 2. The minimum atomic E-state index is -0.728. The molecule has 0 aliphatic carbocycles. The van der Waals surface area contributed by atoms with Gasteiger partial charge in [-0.15, -0.1) is 0 Å². The van der Waals surface area contributed by atoms with E-state index in [1.165, 1.54) is 0 Å². The van der Waals surface area contributed by atoms with Crippen molar-refractivity contribution in [3.8, 4) is 0 Å². The Bertz CT molecular complexity index is 647. The Morgan fingerprint density at radius 2 is 1.95 bits per heavy atom. The third-order valence-electron chi connectivity index (χ3n) is 3.34. The quantitative estimate of drug-likeness (QED) is 0.781. The van der Waals surface area contributed by atoms with Gasteiger partial charge in [-0.3, -0.25) is 9.00 Å². The lowest BCUT2D eigenvalue weighted by Gasteiger charge is -2.28. The van der Waals surface area contributed by atoms with Crippen molar-refractivity contribution < 1.29 is 9.00 Å². The van der Waals surface area contributed by atoms with E-state index >= 15 is 0 Å². The maximum Gasteiger partial charge on any atom is 0.153 e. The van der Waals surface area contributed by atoms with Crippen molar-refractivity contribution in [3.63, 3.8) is 0 Å². The lowest BCUT2D eigenvalue weighted by molar-refractivity contribution is 0.112. The molecule has 0 spiro atoms. The van der Waals surface area contributed by atoms with Gasteiger partial charge in [0, 0.05) is 40.8 Å². The van der Waals surface area contributed by atoms with Crippen molar-refractivity contribution in [2.45, 2.75) is 0 Å². The fourth-order valence-corrected chi connectivity index (χ4v) is 3.36. The summed E-state index contributed by atoms with van der Waals surface area (Å²) in [6.45, 7) is 1.39. The van der Waals surface area contributed by atoms with E-state index in [1.54, 1.807) is 0 Å². The van der Waals surface area contributed by atoms with Crippen molar-refractivity contribution in [1.82, 2.24) is 4.98 Å². The van der Waals surface area contributed by atoms with Crippen LogP contribution >= 0.6 is 0 Å². The molecule has 1 aromatic carbocycles. The van der Waals surface area contributed by atoms with Crippen LogP contribution in [0, 0.1) is 0 Å². The van der Waals surface area contributed by atoms with E-state index < -0.39 is 10.8 Å². The molecule has 1 aliphatic rings. The van der Waals surface area contributed by atoms with Crippen LogP contribution in [0.3, 0.4) is 0 Å². The fourth-order valence-electron chi connectivity index (χ4n) is 2.31. The molecule has 1 aliphatic heterocycles. The first kappa shape index (κ1) is 12.3. The van der Waals surface area contributed by atoms with E-state index in [-0.39, 0.29) is 0 Å². The van der Waals surface area contributed by atoms with E-state index in [0.29, 0.717) is 36.0 Å². The number of carbonyl (C=O) groups excluding carboxylic acids is 1. The summed E-state index contributed by atoms with van der Waals surface area (Å²) in [5.74, 6) is 2.00. The number of hydrogen-bond donors (Lipinski definition) is 0. The number of aldehydes is 1. The van der Waals surface area contributed by atoms with Gasteiger partial charge in [-0.2, -0.15) is 0 Å². The number of para-hydroxylation sites is 1. The van der Waals surface area contributed by atoms with Crippen LogP contribution in [-0.2, 0) is 10.8 Å². The highest BCUT2D eigenvalue weighted by Gasteiger charge is 2.19. The molecule has 2 aromatic rings. The van der Waals surface area contributed by atoms with E-state index in [4.69, 9.17) is 0 Å². The number of pyridine rings is 1. The normalized spacial score (nSPS) is 16.7. The Morgan fingerprint density at radius 3 is 2.68 bits per heavy atom. The van der Waals surface area contributed by atoms with Crippen LogP contribution < -0.4 is 4.90 Å². The van der Waals surface area contributed by atoms with Gasteiger partial charge in [-0.1, -0.05) is 18.2 Å². The standard InChI is InChI=1S/C14H14N2O2S/c17-10-12-9-11-3-1-2-4-13(11)15-14(12)16-5-7-19(18)8-6-16/h1-4,9-10H,5-8H2. The minimum Gasteiger partial charge on any atom is -0.354 e. The molecule has 1 aromatic heterocycles. The van der Waals surface area contributed by atoms with E-state index in [1.807, 2.05) is 30.3 Å². The Morgan fingerprint density at radius 1 is 1.21 bits per heavy atom. The highest BCUT2D eigenvalue weighted by Crippen LogP contribution is 2.23. The fraction of sp³-hybridized carbons (Fsp3) is 0.286. The molecule has 5 heteroatoms. The second-order valence-corrected chi connectivity index (χ2v) is 6.24. The summed E-state index contributed by atoms with van der Waals surface area (Å²) in [5, 5.41) is 0.967. The average Bonchev–Trinajstić information content (AvgIpc) is 2.46. The molecular weight excluding hydrogens is 260 g/mol. The van der Waals surface area contributed by atoms with Gasteiger partial charge in [-0.05, 0) is 12.1 Å². The molecule has 1 fully saturated rings. The van der Waals surface area contributed by atoms with Crippen molar-refractivity contribution in [1.29, 1.82) is 0 Å². The molecule has 19 heavy (non-hydrogen) atoms. The third-order valence-corrected chi connectivity index (χ3v) is 4.61. The molecule has 0 atom stereocenters. The van der Waals surface area contributed by atoms with Crippen LogP contribution in [0.25, 0.3) is 10.9 Å². The number of aromatic nitrogens is 1. The summed E-state index contributed by atoms with van der Waals surface area (Å²) >= 11 is 0. The molecule has 0 N–H and O–H groups in total. The number of anilines is 1. The van der Waals surface area contributed by atoms with Gasteiger partial charge in [0.25, 0.3) is 0 Å². The zero-order valence-corrected chi connectivity index (χ0v) is 11.2. The first-order chi connectivity index (χ1) is 9.28. The summed E-state index contributed by atoms with van der Waals surface area (Å²) in [5.41, 5.74) is 1.49. The zero-order chi connectivity index (χ0) is 13.2. The van der Waals surface area contributed by atoms with E-state index in [0.717, 1.165) is 17.2 Å². The van der Waals surface area contributed by atoms with Gasteiger partial charge in [0.2, 0.25) is 0 Å². The van der Waals surface area contributed by atoms with Gasteiger partial charge in [0.15, 0.2) is 6.29 Å². The number of fused-ring (bicyclic) bond motifs is 1. The van der Waals surface area contributed by atoms with Crippen molar-refractivity contribution in [2.75, 3.05) is 29.5 Å². The molecule has 0 unspecified atom stereocenters. The second-order valence-electron chi connectivity index (χ2n) is 4.55. The number of benzene rings is 1. The van der Waals surface area contributed by atoms with E-state index in [2.05, 4.69) is 9.88 Å². The number of nitrogens with zero attached hydrogens (tertiary/aromatic N) is 2. The van der Waals surface area contributed by atoms with Crippen molar-refractivity contribution in [3.05, 3.63) is 35.9 Å². The second kappa shape index (κ2) is 5.09. The largest absolute Gasteiger partial charge is 0.354 e. The highest BCUT2D eigenvalue weighted by molar-refractivity contribution is 7.85. The maximum atomic E-state index is 11.4. The SMILES string of the molecule is O=Cc1cc2ccccc2nc1N1CCS(=O)CC1. The van der Waals surface area contributed by atoms with Crippen LogP contribution in [0.4, 0.5) is 5.82 Å². The molecule has 98 valence electrons. The first-order valence-corrected chi connectivity index (χ1v) is 7.71.